The Morgan fingerprint density at radius 2 is 1.63 bits per heavy atom. The van der Waals surface area contributed by atoms with E-state index in [2.05, 4.69) is 5.32 Å². The fourth-order valence-electron chi connectivity index (χ4n) is 3.90. The molecule has 0 saturated carbocycles. The van der Waals surface area contributed by atoms with Crippen molar-refractivity contribution in [2.75, 3.05) is 11.9 Å². The number of anilines is 1. The largest absolute Gasteiger partial charge is 0.484 e. The van der Waals surface area contributed by atoms with Gasteiger partial charge in [0.05, 0.1) is 5.39 Å². The van der Waals surface area contributed by atoms with Gasteiger partial charge in [0, 0.05) is 16.8 Å². The number of carbonyl (C=O) groups is 1. The minimum atomic E-state index is -5.03. The van der Waals surface area contributed by atoms with Crippen LogP contribution in [0.25, 0.3) is 11.0 Å². The van der Waals surface area contributed by atoms with Crippen molar-refractivity contribution in [2.24, 2.45) is 0 Å². The number of ether oxygens (including phenoxy) is 2. The van der Waals surface area contributed by atoms with Crippen molar-refractivity contribution in [3.63, 3.8) is 0 Å². The van der Waals surface area contributed by atoms with Gasteiger partial charge in [-0.05, 0) is 74.7 Å². The Morgan fingerprint density at radius 1 is 0.947 bits per heavy atom. The predicted octanol–water partition coefficient (Wildman–Crippen LogP) is 7.51. The van der Waals surface area contributed by atoms with Crippen molar-refractivity contribution in [1.82, 2.24) is 0 Å². The lowest BCUT2D eigenvalue weighted by molar-refractivity contribution is -0.154. The van der Waals surface area contributed by atoms with Crippen LogP contribution in [0, 0.1) is 27.7 Å². The molecule has 0 saturated heterocycles. The lowest BCUT2D eigenvalue weighted by Crippen LogP contribution is -2.20. The van der Waals surface area contributed by atoms with Crippen LogP contribution < -0.4 is 20.2 Å². The van der Waals surface area contributed by atoms with Gasteiger partial charge in [0.2, 0.25) is 11.2 Å². The number of rotatable bonds is 6. The quantitative estimate of drug-likeness (QED) is 0.271. The van der Waals surface area contributed by atoms with Gasteiger partial charge < -0.3 is 19.2 Å². The zero-order chi connectivity index (χ0) is 27.8. The molecule has 6 nitrogen and oxygen atoms in total. The second kappa shape index (κ2) is 10.4. The molecule has 4 rings (SSSR count). The first-order chi connectivity index (χ1) is 17.8. The third-order valence-corrected chi connectivity index (χ3v) is 6.33. The summed E-state index contributed by atoms with van der Waals surface area (Å²) in [7, 11) is 0. The number of amides is 1. The maximum atomic E-state index is 13.9. The smallest absolute Gasteiger partial charge is 0.453 e. The lowest BCUT2D eigenvalue weighted by atomic mass is 10.1. The van der Waals surface area contributed by atoms with Crippen molar-refractivity contribution in [2.45, 2.75) is 33.9 Å². The van der Waals surface area contributed by atoms with Crippen LogP contribution in [0.15, 0.2) is 57.7 Å². The molecule has 1 N–H and O–H groups in total. The number of carbonyl (C=O) groups excluding carboxylic acids is 1. The predicted molar refractivity (Wildman–Crippen MR) is 139 cm³/mol. The molecular weight excluding hydrogens is 523 g/mol. The Kier molecular flexibility index (Phi) is 7.42. The van der Waals surface area contributed by atoms with Crippen LogP contribution in [0.3, 0.4) is 0 Å². The van der Waals surface area contributed by atoms with E-state index < -0.39 is 35.6 Å². The molecule has 0 spiro atoms. The molecule has 1 heterocycles. The van der Waals surface area contributed by atoms with Crippen LogP contribution in [-0.4, -0.2) is 12.5 Å². The molecule has 1 aromatic heterocycles. The third-order valence-electron chi connectivity index (χ3n) is 5.74. The third kappa shape index (κ3) is 5.78. The van der Waals surface area contributed by atoms with E-state index in [1.54, 1.807) is 19.9 Å². The van der Waals surface area contributed by atoms with Crippen molar-refractivity contribution in [3.05, 3.63) is 91.8 Å². The van der Waals surface area contributed by atoms with Gasteiger partial charge in [0.15, 0.2) is 6.61 Å². The van der Waals surface area contributed by atoms with Crippen LogP contribution in [0.4, 0.5) is 18.9 Å². The number of halogens is 4. The number of benzene rings is 3. The Labute approximate surface area is 220 Å². The summed E-state index contributed by atoms with van der Waals surface area (Å²) in [4.78, 5) is 25.4. The van der Waals surface area contributed by atoms with Gasteiger partial charge in [-0.2, -0.15) is 13.2 Å². The van der Waals surface area contributed by atoms with E-state index in [0.29, 0.717) is 21.8 Å². The van der Waals surface area contributed by atoms with Crippen LogP contribution in [0.1, 0.15) is 28.0 Å². The number of nitrogens with one attached hydrogen (secondary N) is 1. The molecule has 198 valence electrons. The van der Waals surface area contributed by atoms with Gasteiger partial charge in [-0.1, -0.05) is 29.3 Å². The van der Waals surface area contributed by atoms with Crippen LogP contribution in [0.5, 0.6) is 17.2 Å². The highest BCUT2D eigenvalue weighted by Crippen LogP contribution is 2.39. The summed E-state index contributed by atoms with van der Waals surface area (Å²) in [6.45, 7) is 6.70. The van der Waals surface area contributed by atoms with Gasteiger partial charge in [0.1, 0.15) is 17.1 Å². The lowest BCUT2D eigenvalue weighted by Gasteiger charge is -2.15. The molecule has 0 unspecified atom stereocenters. The van der Waals surface area contributed by atoms with E-state index in [-0.39, 0.29) is 22.5 Å². The standard InChI is InChI=1S/C28H23ClF3NO5/c1-14-5-8-21(15(2)9-14)33-23(34)13-36-18-6-7-20-22(12-18)38-27(28(30,31)32)26(25(20)35)37-19-10-16(3)24(29)17(4)11-19/h5-12H,13H2,1-4H3,(H,33,34). The SMILES string of the molecule is Cc1ccc(NC(=O)COc2ccc3c(=O)c(Oc4cc(C)c(Cl)c(C)c4)c(C(F)(F)F)oc3c2)c(C)c1. The van der Waals surface area contributed by atoms with E-state index in [9.17, 15) is 22.8 Å². The van der Waals surface area contributed by atoms with Gasteiger partial charge in [-0.15, -0.1) is 0 Å². The van der Waals surface area contributed by atoms with Crippen LogP contribution in [-0.2, 0) is 11.0 Å². The van der Waals surface area contributed by atoms with Gasteiger partial charge in [-0.3, -0.25) is 9.59 Å². The van der Waals surface area contributed by atoms with E-state index in [1.807, 2.05) is 26.0 Å². The average Bonchev–Trinajstić information content (AvgIpc) is 2.83. The number of alkyl halides is 3. The molecule has 0 aliphatic heterocycles. The molecule has 38 heavy (non-hydrogen) atoms. The first-order valence-electron chi connectivity index (χ1n) is 11.5. The van der Waals surface area contributed by atoms with E-state index in [1.165, 1.54) is 24.3 Å². The topological polar surface area (TPSA) is 77.8 Å². The summed E-state index contributed by atoms with van der Waals surface area (Å²) in [5.41, 5.74) is 2.29. The highest BCUT2D eigenvalue weighted by atomic mass is 35.5. The molecule has 0 fully saturated rings. The number of fused-ring (bicyclic) bond motifs is 1. The monoisotopic (exact) mass is 545 g/mol. The summed E-state index contributed by atoms with van der Waals surface area (Å²) < 4.78 is 57.6. The van der Waals surface area contributed by atoms with Crippen molar-refractivity contribution in [1.29, 1.82) is 0 Å². The maximum absolute atomic E-state index is 13.9. The maximum Gasteiger partial charge on any atom is 0.453 e. The van der Waals surface area contributed by atoms with Gasteiger partial charge >= 0.3 is 6.18 Å². The molecular formula is C28H23ClF3NO5. The summed E-state index contributed by atoms with van der Waals surface area (Å²) in [5, 5.41) is 3.00. The molecule has 1 amide bonds. The molecule has 0 aliphatic rings. The van der Waals surface area contributed by atoms with Crippen LogP contribution in [0.2, 0.25) is 5.02 Å². The molecule has 4 aromatic rings. The molecule has 0 radical (unpaired) electrons. The molecule has 0 aliphatic carbocycles. The van der Waals surface area contributed by atoms with Crippen molar-refractivity contribution < 1.29 is 31.9 Å². The van der Waals surface area contributed by atoms with Gasteiger partial charge in [0.25, 0.3) is 11.7 Å². The molecule has 3 aromatic carbocycles. The minimum Gasteiger partial charge on any atom is -0.484 e. The highest BCUT2D eigenvalue weighted by molar-refractivity contribution is 6.32. The fourth-order valence-corrected chi connectivity index (χ4v) is 4.01. The van der Waals surface area contributed by atoms with E-state index >= 15 is 0 Å². The normalized spacial score (nSPS) is 11.5. The Bertz CT molecular complexity index is 1590. The minimum absolute atomic E-state index is 0.0105. The highest BCUT2D eigenvalue weighted by Gasteiger charge is 2.40. The average molecular weight is 546 g/mol. The first kappa shape index (κ1) is 27.1. The second-order valence-electron chi connectivity index (χ2n) is 8.87. The Hall–Kier alpha value is -3.98. The molecule has 0 atom stereocenters. The summed E-state index contributed by atoms with van der Waals surface area (Å²) in [6.07, 6.45) is -5.03. The fraction of sp³-hybridized carbons (Fsp3) is 0.214. The van der Waals surface area contributed by atoms with E-state index in [0.717, 1.165) is 17.2 Å². The summed E-state index contributed by atoms with van der Waals surface area (Å²) in [6, 6.07) is 12.1. The second-order valence-corrected chi connectivity index (χ2v) is 9.25. The summed E-state index contributed by atoms with van der Waals surface area (Å²) >= 11 is 6.13. The number of hydrogen-bond acceptors (Lipinski definition) is 5. The zero-order valence-corrected chi connectivity index (χ0v) is 21.6. The zero-order valence-electron chi connectivity index (χ0n) is 20.9. The van der Waals surface area contributed by atoms with Gasteiger partial charge in [-0.25, -0.2) is 0 Å². The molecule has 10 heteroatoms. The Balaban J connectivity index is 1.62. The van der Waals surface area contributed by atoms with Crippen molar-refractivity contribution >= 4 is 34.2 Å². The van der Waals surface area contributed by atoms with Crippen LogP contribution >= 0.6 is 11.6 Å². The number of aryl methyl sites for hydroxylation is 4. The first-order valence-corrected chi connectivity index (χ1v) is 11.8. The Morgan fingerprint density at radius 3 is 2.26 bits per heavy atom. The summed E-state index contributed by atoms with van der Waals surface area (Å²) in [5.74, 6) is -3.00. The molecule has 0 bridgehead atoms. The van der Waals surface area contributed by atoms with Crippen molar-refractivity contribution in [3.8, 4) is 17.2 Å². The van der Waals surface area contributed by atoms with E-state index in [4.69, 9.17) is 25.5 Å². The number of hydrogen-bond donors (Lipinski definition) is 1.